The molecule has 1 aromatic rings. The first kappa shape index (κ1) is 13.8. The summed E-state index contributed by atoms with van der Waals surface area (Å²) < 4.78 is 0. The Morgan fingerprint density at radius 1 is 1.48 bits per heavy atom. The average molecular weight is 291 g/mol. The van der Waals surface area contributed by atoms with Crippen molar-refractivity contribution in [1.29, 1.82) is 0 Å². The number of amides is 1. The van der Waals surface area contributed by atoms with Gasteiger partial charge in [0, 0.05) is 31.8 Å². The summed E-state index contributed by atoms with van der Waals surface area (Å²) in [4.78, 5) is 24.1. The molecule has 0 bridgehead atoms. The van der Waals surface area contributed by atoms with Gasteiger partial charge in [0.2, 0.25) is 0 Å². The van der Waals surface area contributed by atoms with Crippen LogP contribution in [-0.4, -0.2) is 41.7 Å². The van der Waals surface area contributed by atoms with E-state index in [1.807, 2.05) is 0 Å². The number of anilines is 1. The van der Waals surface area contributed by atoms with E-state index in [2.05, 4.69) is 5.32 Å². The lowest BCUT2D eigenvalue weighted by Crippen LogP contribution is -2.63. The molecule has 7 nitrogen and oxygen atoms in total. The predicted octanol–water partition coefficient (Wildman–Crippen LogP) is 0.915. The van der Waals surface area contributed by atoms with E-state index in [4.69, 9.17) is 0 Å². The minimum Gasteiger partial charge on any atom is -0.386 e. The zero-order valence-electron chi connectivity index (χ0n) is 11.7. The summed E-state index contributed by atoms with van der Waals surface area (Å²) in [6.45, 7) is 0.769. The molecule has 1 saturated carbocycles. The van der Waals surface area contributed by atoms with Gasteiger partial charge < -0.3 is 15.3 Å². The molecule has 21 heavy (non-hydrogen) atoms. The summed E-state index contributed by atoms with van der Waals surface area (Å²) >= 11 is 0. The van der Waals surface area contributed by atoms with Gasteiger partial charge in [0.25, 0.3) is 11.6 Å². The van der Waals surface area contributed by atoms with Crippen LogP contribution in [0, 0.1) is 16.0 Å². The molecule has 1 amide bonds. The molecule has 0 aromatic heterocycles. The number of β-amino-alcohol motifs (C(OH)–C–C–N with tert-alkyl or cyclic N) is 1. The molecule has 1 aromatic carbocycles. The van der Waals surface area contributed by atoms with Crippen LogP contribution >= 0.6 is 0 Å². The van der Waals surface area contributed by atoms with Crippen molar-refractivity contribution in [2.45, 2.75) is 18.4 Å². The minimum absolute atomic E-state index is 0.0412. The highest BCUT2D eigenvalue weighted by atomic mass is 16.6. The molecule has 2 fully saturated rings. The summed E-state index contributed by atoms with van der Waals surface area (Å²) in [6, 6.07) is 4.30. The fourth-order valence-corrected chi connectivity index (χ4v) is 2.88. The number of benzene rings is 1. The lowest BCUT2D eigenvalue weighted by Gasteiger charge is -2.48. The maximum Gasteiger partial charge on any atom is 0.292 e. The summed E-state index contributed by atoms with van der Waals surface area (Å²) in [5.41, 5.74) is 0.00329. The number of carbonyl (C=O) groups excluding carboxylic acids is 1. The molecule has 1 heterocycles. The highest BCUT2D eigenvalue weighted by Gasteiger charge is 2.52. The number of nitrogens with one attached hydrogen (secondary N) is 1. The molecule has 1 aliphatic heterocycles. The van der Waals surface area contributed by atoms with E-state index < -0.39 is 10.5 Å². The lowest BCUT2D eigenvalue weighted by molar-refractivity contribution is -0.384. The van der Waals surface area contributed by atoms with Crippen LogP contribution in [0.4, 0.5) is 11.4 Å². The number of hydrogen-bond acceptors (Lipinski definition) is 5. The van der Waals surface area contributed by atoms with Gasteiger partial charge in [-0.1, -0.05) is 0 Å². The number of nitrogens with zero attached hydrogens (tertiary/aromatic N) is 2. The maximum atomic E-state index is 11.7. The zero-order valence-corrected chi connectivity index (χ0v) is 11.7. The summed E-state index contributed by atoms with van der Waals surface area (Å²) in [7, 11) is 1.51. The molecule has 2 aliphatic rings. The van der Waals surface area contributed by atoms with Crippen LogP contribution in [0.1, 0.15) is 23.2 Å². The van der Waals surface area contributed by atoms with Gasteiger partial charge in [-0.05, 0) is 30.9 Å². The van der Waals surface area contributed by atoms with Crippen LogP contribution in [0.5, 0.6) is 0 Å². The van der Waals surface area contributed by atoms with Gasteiger partial charge >= 0.3 is 0 Å². The van der Waals surface area contributed by atoms with E-state index in [0.29, 0.717) is 30.3 Å². The first-order chi connectivity index (χ1) is 9.94. The van der Waals surface area contributed by atoms with E-state index in [0.717, 1.165) is 12.8 Å². The third kappa shape index (κ3) is 2.33. The van der Waals surface area contributed by atoms with E-state index >= 15 is 0 Å². The van der Waals surface area contributed by atoms with Crippen molar-refractivity contribution in [3.63, 3.8) is 0 Å². The summed E-state index contributed by atoms with van der Waals surface area (Å²) in [5.74, 6) is 0.0269. The van der Waals surface area contributed by atoms with Crippen LogP contribution in [0.2, 0.25) is 0 Å². The van der Waals surface area contributed by atoms with E-state index in [-0.39, 0.29) is 11.6 Å². The van der Waals surface area contributed by atoms with Crippen LogP contribution in [0.3, 0.4) is 0 Å². The van der Waals surface area contributed by atoms with Crippen LogP contribution in [0.25, 0.3) is 0 Å². The van der Waals surface area contributed by atoms with Gasteiger partial charge in [-0.3, -0.25) is 14.9 Å². The van der Waals surface area contributed by atoms with Crippen LogP contribution < -0.4 is 10.2 Å². The second-order valence-corrected chi connectivity index (χ2v) is 5.77. The molecule has 0 unspecified atom stereocenters. The highest BCUT2D eigenvalue weighted by Crippen LogP contribution is 2.47. The lowest BCUT2D eigenvalue weighted by atomic mass is 9.88. The average Bonchev–Trinajstić information content (AvgIpc) is 3.27. The van der Waals surface area contributed by atoms with Crippen LogP contribution in [-0.2, 0) is 0 Å². The maximum absolute atomic E-state index is 11.7. The molecule has 112 valence electrons. The molecular weight excluding hydrogens is 274 g/mol. The third-order valence-corrected chi connectivity index (χ3v) is 4.27. The van der Waals surface area contributed by atoms with Gasteiger partial charge in [0.05, 0.1) is 4.92 Å². The Balaban J connectivity index is 1.88. The first-order valence-corrected chi connectivity index (χ1v) is 6.92. The molecule has 7 heteroatoms. The minimum atomic E-state index is -0.725. The molecular formula is C14H17N3O4. The Morgan fingerprint density at radius 2 is 2.14 bits per heavy atom. The Bertz CT molecular complexity index is 606. The summed E-state index contributed by atoms with van der Waals surface area (Å²) in [6.07, 6.45) is 2.04. The number of rotatable bonds is 4. The Kier molecular flexibility index (Phi) is 3.09. The van der Waals surface area contributed by atoms with E-state index in [1.54, 1.807) is 4.90 Å². The van der Waals surface area contributed by atoms with Crippen molar-refractivity contribution in [3.8, 4) is 0 Å². The van der Waals surface area contributed by atoms with E-state index in [9.17, 15) is 20.0 Å². The monoisotopic (exact) mass is 291 g/mol. The first-order valence-electron chi connectivity index (χ1n) is 6.92. The largest absolute Gasteiger partial charge is 0.386 e. The molecule has 0 atom stereocenters. The molecule has 3 rings (SSSR count). The number of carbonyl (C=O) groups is 1. The molecule has 2 N–H and O–H groups in total. The van der Waals surface area contributed by atoms with Gasteiger partial charge in [0.1, 0.15) is 11.3 Å². The molecule has 1 aliphatic carbocycles. The fourth-order valence-electron chi connectivity index (χ4n) is 2.88. The third-order valence-electron chi connectivity index (χ3n) is 4.27. The quantitative estimate of drug-likeness (QED) is 0.635. The normalized spacial score (nSPS) is 19.8. The van der Waals surface area contributed by atoms with Crippen molar-refractivity contribution in [1.82, 2.24) is 5.32 Å². The topological polar surface area (TPSA) is 95.7 Å². The fraction of sp³-hybridized carbons (Fsp3) is 0.500. The number of nitro benzene ring substituents is 1. The van der Waals surface area contributed by atoms with Gasteiger partial charge in [0.15, 0.2) is 0 Å². The van der Waals surface area contributed by atoms with Crippen molar-refractivity contribution >= 4 is 17.3 Å². The predicted molar refractivity (Wildman–Crippen MR) is 76.4 cm³/mol. The van der Waals surface area contributed by atoms with Gasteiger partial charge in [-0.15, -0.1) is 0 Å². The Labute approximate surface area is 121 Å². The van der Waals surface area contributed by atoms with Gasteiger partial charge in [-0.2, -0.15) is 0 Å². The summed E-state index contributed by atoms with van der Waals surface area (Å²) in [5, 5.41) is 24.0. The van der Waals surface area contributed by atoms with Gasteiger partial charge in [-0.25, -0.2) is 0 Å². The number of hydrogen-bond donors (Lipinski definition) is 2. The molecule has 0 spiro atoms. The van der Waals surface area contributed by atoms with Crippen molar-refractivity contribution < 1.29 is 14.8 Å². The van der Waals surface area contributed by atoms with Crippen molar-refractivity contribution in [2.75, 3.05) is 25.0 Å². The second-order valence-electron chi connectivity index (χ2n) is 5.77. The van der Waals surface area contributed by atoms with Crippen molar-refractivity contribution in [2.24, 2.45) is 5.92 Å². The highest BCUT2D eigenvalue weighted by molar-refractivity contribution is 5.95. The van der Waals surface area contributed by atoms with Crippen LogP contribution in [0.15, 0.2) is 18.2 Å². The SMILES string of the molecule is CNC(=O)c1ccc([N+](=O)[O-])c(N2CC(O)(C3CC3)C2)c1. The van der Waals surface area contributed by atoms with Crippen molar-refractivity contribution in [3.05, 3.63) is 33.9 Å². The number of aliphatic hydroxyl groups is 1. The van der Waals surface area contributed by atoms with E-state index in [1.165, 1.54) is 25.2 Å². The second kappa shape index (κ2) is 4.70. The smallest absolute Gasteiger partial charge is 0.292 e. The molecule has 0 radical (unpaired) electrons. The zero-order chi connectivity index (χ0) is 15.2. The Hall–Kier alpha value is -2.15. The molecule has 1 saturated heterocycles. The Morgan fingerprint density at radius 3 is 2.67 bits per heavy atom. The number of nitro groups is 1. The standard InChI is InChI=1S/C14H17N3O4/c1-15-13(18)9-2-5-11(17(20)21)12(6-9)16-7-14(19,8-16)10-3-4-10/h2,5-6,10,19H,3-4,7-8H2,1H3,(H,15,18).